The maximum atomic E-state index is 12.4. The molecule has 1 aromatic carbocycles. The van der Waals surface area contributed by atoms with Gasteiger partial charge in [-0.25, -0.2) is 0 Å². The quantitative estimate of drug-likeness (QED) is 0.792. The second-order valence-electron chi connectivity index (χ2n) is 6.96. The molecular weight excluding hydrogens is 326 g/mol. The number of likely N-dealkylation sites (tertiary alicyclic amines) is 1. The first-order valence-electron chi connectivity index (χ1n) is 9.48. The molecule has 3 rings (SSSR count). The average molecular weight is 355 g/mol. The third-order valence-corrected chi connectivity index (χ3v) is 5.14. The Morgan fingerprint density at radius 2 is 1.81 bits per heavy atom. The van der Waals surface area contributed by atoms with Crippen LogP contribution >= 0.6 is 0 Å². The highest BCUT2D eigenvalue weighted by Gasteiger charge is 2.24. The molecule has 0 bridgehead atoms. The Bertz CT molecular complexity index is 659. The highest BCUT2D eigenvalue weighted by Crippen LogP contribution is 2.18. The van der Waals surface area contributed by atoms with Gasteiger partial charge in [0, 0.05) is 31.4 Å². The van der Waals surface area contributed by atoms with Crippen LogP contribution in [0.3, 0.4) is 0 Å². The van der Waals surface area contributed by atoms with Crippen molar-refractivity contribution in [1.29, 1.82) is 0 Å². The molecule has 140 valence electrons. The van der Waals surface area contributed by atoms with Gasteiger partial charge in [0.25, 0.3) is 0 Å². The van der Waals surface area contributed by atoms with Crippen molar-refractivity contribution >= 4 is 5.91 Å². The molecular formula is C21H29N3O2. The van der Waals surface area contributed by atoms with Crippen molar-refractivity contribution in [2.24, 2.45) is 5.92 Å². The molecule has 0 radical (unpaired) electrons. The largest absolute Gasteiger partial charge is 0.497 e. The zero-order valence-corrected chi connectivity index (χ0v) is 15.6. The lowest BCUT2D eigenvalue weighted by Crippen LogP contribution is -2.40. The first-order valence-corrected chi connectivity index (χ1v) is 9.48. The number of amides is 1. The number of carbonyl (C=O) groups excluding carboxylic acids is 1. The van der Waals surface area contributed by atoms with E-state index < -0.39 is 0 Å². The Morgan fingerprint density at radius 3 is 2.46 bits per heavy atom. The van der Waals surface area contributed by atoms with Crippen molar-refractivity contribution in [2.45, 2.75) is 32.4 Å². The van der Waals surface area contributed by atoms with Crippen LogP contribution in [0.1, 0.15) is 24.8 Å². The van der Waals surface area contributed by atoms with Crippen LogP contribution in [0.4, 0.5) is 0 Å². The van der Waals surface area contributed by atoms with Crippen molar-refractivity contribution < 1.29 is 9.53 Å². The van der Waals surface area contributed by atoms with Gasteiger partial charge in [-0.2, -0.15) is 0 Å². The molecule has 1 amide bonds. The molecule has 0 saturated carbocycles. The van der Waals surface area contributed by atoms with Gasteiger partial charge in [-0.15, -0.1) is 0 Å². The van der Waals surface area contributed by atoms with Crippen LogP contribution in [0, 0.1) is 5.92 Å². The normalized spacial score (nSPS) is 15.7. The Labute approximate surface area is 156 Å². The third-order valence-electron chi connectivity index (χ3n) is 5.14. The minimum Gasteiger partial charge on any atom is -0.497 e. The van der Waals surface area contributed by atoms with E-state index in [2.05, 4.69) is 39.3 Å². The minimum absolute atomic E-state index is 0.147. The predicted molar refractivity (Wildman–Crippen MR) is 103 cm³/mol. The van der Waals surface area contributed by atoms with Gasteiger partial charge < -0.3 is 19.5 Å². The number of piperidine rings is 1. The summed E-state index contributed by atoms with van der Waals surface area (Å²) in [5.41, 5.74) is 1.10. The van der Waals surface area contributed by atoms with Gasteiger partial charge in [0.1, 0.15) is 5.75 Å². The van der Waals surface area contributed by atoms with Crippen LogP contribution in [-0.2, 0) is 17.9 Å². The minimum atomic E-state index is 0.147. The van der Waals surface area contributed by atoms with Gasteiger partial charge in [-0.1, -0.05) is 12.1 Å². The highest BCUT2D eigenvalue weighted by atomic mass is 16.5. The standard InChI is InChI=1S/C21H29N3O2/c1-26-20-7-5-18(6-8-20)17-22-21(25)19-9-15-24(16-10-19)14-4-13-23-11-2-3-12-23/h2-3,5-8,11-12,19H,4,9-10,13-17H2,1H3,(H,22,25). The molecule has 0 unspecified atom stereocenters. The van der Waals surface area contributed by atoms with E-state index in [9.17, 15) is 4.79 Å². The lowest BCUT2D eigenvalue weighted by Gasteiger charge is -2.31. The molecule has 0 atom stereocenters. The molecule has 0 spiro atoms. The van der Waals surface area contributed by atoms with E-state index in [1.807, 2.05) is 24.3 Å². The van der Waals surface area contributed by atoms with Gasteiger partial charge in [0.15, 0.2) is 0 Å². The van der Waals surface area contributed by atoms with Crippen LogP contribution in [-0.4, -0.2) is 42.1 Å². The number of aromatic nitrogens is 1. The maximum absolute atomic E-state index is 12.4. The Hall–Kier alpha value is -2.27. The summed E-state index contributed by atoms with van der Waals surface area (Å²) in [5.74, 6) is 1.17. The zero-order valence-electron chi connectivity index (χ0n) is 15.6. The average Bonchev–Trinajstić information content (AvgIpc) is 3.20. The number of hydrogen-bond acceptors (Lipinski definition) is 3. The summed E-state index contributed by atoms with van der Waals surface area (Å²) in [6.45, 7) is 4.80. The number of nitrogens with zero attached hydrogens (tertiary/aromatic N) is 2. The summed E-state index contributed by atoms with van der Waals surface area (Å²) in [6, 6.07) is 12.0. The molecule has 2 aromatic rings. The predicted octanol–water partition coefficient (Wildman–Crippen LogP) is 2.92. The SMILES string of the molecule is COc1ccc(CNC(=O)C2CCN(CCCn3cccc3)CC2)cc1. The molecule has 1 aliphatic heterocycles. The first-order chi connectivity index (χ1) is 12.7. The molecule has 1 fully saturated rings. The Balaban J connectivity index is 1.33. The van der Waals surface area contributed by atoms with Crippen LogP contribution in [0.15, 0.2) is 48.8 Å². The van der Waals surface area contributed by atoms with Crippen LogP contribution in [0.25, 0.3) is 0 Å². The fraction of sp³-hybridized carbons (Fsp3) is 0.476. The van der Waals surface area contributed by atoms with Gasteiger partial charge >= 0.3 is 0 Å². The van der Waals surface area contributed by atoms with Crippen molar-refractivity contribution in [3.63, 3.8) is 0 Å². The number of aryl methyl sites for hydroxylation is 1. The van der Waals surface area contributed by atoms with Crippen molar-refractivity contribution in [3.05, 3.63) is 54.4 Å². The van der Waals surface area contributed by atoms with E-state index in [-0.39, 0.29) is 11.8 Å². The van der Waals surface area contributed by atoms with E-state index in [0.717, 1.165) is 56.8 Å². The van der Waals surface area contributed by atoms with Gasteiger partial charge in [-0.05, 0) is 68.7 Å². The summed E-state index contributed by atoms with van der Waals surface area (Å²) in [7, 11) is 1.66. The van der Waals surface area contributed by atoms with Crippen molar-refractivity contribution in [3.8, 4) is 5.75 Å². The summed E-state index contributed by atoms with van der Waals surface area (Å²) < 4.78 is 7.38. The molecule has 5 heteroatoms. The second kappa shape index (κ2) is 9.43. The maximum Gasteiger partial charge on any atom is 0.223 e. The van der Waals surface area contributed by atoms with Crippen LogP contribution < -0.4 is 10.1 Å². The molecule has 1 aliphatic rings. The lowest BCUT2D eigenvalue weighted by atomic mass is 9.95. The molecule has 26 heavy (non-hydrogen) atoms. The highest BCUT2D eigenvalue weighted by molar-refractivity contribution is 5.78. The number of hydrogen-bond donors (Lipinski definition) is 1. The number of methoxy groups -OCH3 is 1. The molecule has 5 nitrogen and oxygen atoms in total. The van der Waals surface area contributed by atoms with Crippen molar-refractivity contribution in [1.82, 2.24) is 14.8 Å². The zero-order chi connectivity index (χ0) is 18.2. The molecule has 0 aliphatic carbocycles. The molecule has 1 N–H and O–H groups in total. The Kier molecular flexibility index (Phi) is 6.72. The number of nitrogens with one attached hydrogen (secondary N) is 1. The fourth-order valence-electron chi connectivity index (χ4n) is 3.49. The van der Waals surface area contributed by atoms with E-state index in [0.29, 0.717) is 6.54 Å². The molecule has 1 saturated heterocycles. The van der Waals surface area contributed by atoms with Crippen LogP contribution in [0.5, 0.6) is 5.75 Å². The van der Waals surface area contributed by atoms with Crippen LogP contribution in [0.2, 0.25) is 0 Å². The third kappa shape index (κ3) is 5.36. The Morgan fingerprint density at radius 1 is 1.12 bits per heavy atom. The van der Waals surface area contributed by atoms with Gasteiger partial charge in [0.2, 0.25) is 5.91 Å². The number of carbonyl (C=O) groups is 1. The lowest BCUT2D eigenvalue weighted by molar-refractivity contribution is -0.126. The summed E-state index contributed by atoms with van der Waals surface area (Å²) >= 11 is 0. The van der Waals surface area contributed by atoms with E-state index in [4.69, 9.17) is 4.74 Å². The summed E-state index contributed by atoms with van der Waals surface area (Å²) in [4.78, 5) is 14.9. The van der Waals surface area contributed by atoms with E-state index >= 15 is 0 Å². The fourth-order valence-corrected chi connectivity index (χ4v) is 3.49. The van der Waals surface area contributed by atoms with Crippen molar-refractivity contribution in [2.75, 3.05) is 26.7 Å². The van der Waals surface area contributed by atoms with E-state index in [1.165, 1.54) is 0 Å². The topological polar surface area (TPSA) is 46.5 Å². The monoisotopic (exact) mass is 355 g/mol. The summed E-state index contributed by atoms with van der Waals surface area (Å²) in [6.07, 6.45) is 7.29. The second-order valence-corrected chi connectivity index (χ2v) is 6.96. The number of ether oxygens (including phenoxy) is 1. The number of rotatable bonds is 8. The smallest absolute Gasteiger partial charge is 0.223 e. The summed E-state index contributed by atoms with van der Waals surface area (Å²) in [5, 5.41) is 3.08. The van der Waals surface area contributed by atoms with E-state index in [1.54, 1.807) is 7.11 Å². The van der Waals surface area contributed by atoms with Gasteiger partial charge in [-0.3, -0.25) is 4.79 Å². The number of benzene rings is 1. The molecule has 2 heterocycles. The van der Waals surface area contributed by atoms with Gasteiger partial charge in [0.05, 0.1) is 7.11 Å². The molecule has 1 aromatic heterocycles. The first kappa shape index (κ1) is 18.5.